The van der Waals surface area contributed by atoms with Gasteiger partial charge in [-0.25, -0.2) is 4.79 Å². The lowest BCUT2D eigenvalue weighted by Crippen LogP contribution is -2.46. The Morgan fingerprint density at radius 3 is 2.41 bits per heavy atom. The van der Waals surface area contributed by atoms with E-state index in [1.807, 2.05) is 57.2 Å². The number of nitrogens with one attached hydrogen (secondary N) is 4. The van der Waals surface area contributed by atoms with Crippen LogP contribution in [0.4, 0.5) is 21.9 Å². The number of likely N-dealkylation sites (N-methyl/N-ethyl adjacent to an activating group) is 1. The molecule has 3 aromatic carbocycles. The number of carboxylic acid groups (broad SMARTS) is 1. The SMILES string of the molecule is Cc1ccccc1NC(=O)Nc1ccc(CNC(C)(C)C(=O)c2ccc3c(c2)CN(C)C(=O)C(CC(=O)O)N3)cc1. The number of benzene rings is 3. The van der Waals surface area contributed by atoms with Crippen molar-refractivity contribution in [2.45, 2.75) is 51.9 Å². The molecule has 1 atom stereocenters. The predicted molar refractivity (Wildman–Crippen MR) is 158 cm³/mol. The van der Waals surface area contributed by atoms with E-state index in [4.69, 9.17) is 0 Å². The Morgan fingerprint density at radius 2 is 1.73 bits per heavy atom. The van der Waals surface area contributed by atoms with Crippen LogP contribution < -0.4 is 21.3 Å². The Morgan fingerprint density at radius 1 is 1.02 bits per heavy atom. The molecular weight excluding hydrogens is 522 g/mol. The van der Waals surface area contributed by atoms with Gasteiger partial charge in [0.25, 0.3) is 0 Å². The minimum atomic E-state index is -1.07. The molecular formula is C31H35N5O5. The first-order valence-electron chi connectivity index (χ1n) is 13.3. The zero-order valence-electron chi connectivity index (χ0n) is 23.6. The molecule has 0 aromatic heterocycles. The van der Waals surface area contributed by atoms with Gasteiger partial charge < -0.3 is 31.3 Å². The van der Waals surface area contributed by atoms with Crippen LogP contribution in [0.5, 0.6) is 0 Å². The van der Waals surface area contributed by atoms with E-state index in [-0.39, 0.29) is 30.7 Å². The van der Waals surface area contributed by atoms with Crippen molar-refractivity contribution in [2.75, 3.05) is 23.0 Å². The van der Waals surface area contributed by atoms with Gasteiger partial charge in [-0.3, -0.25) is 14.4 Å². The molecule has 1 unspecified atom stereocenters. The molecule has 10 nitrogen and oxygen atoms in total. The molecule has 1 aliphatic heterocycles. The number of anilines is 3. The van der Waals surface area contributed by atoms with Crippen molar-refractivity contribution in [1.29, 1.82) is 0 Å². The van der Waals surface area contributed by atoms with E-state index in [0.29, 0.717) is 23.5 Å². The molecule has 0 spiro atoms. The molecule has 3 amide bonds. The monoisotopic (exact) mass is 557 g/mol. The summed E-state index contributed by atoms with van der Waals surface area (Å²) >= 11 is 0. The second kappa shape index (κ2) is 12.2. The standard InChI is InChI=1S/C31H35N5O5/c1-19-7-5-6-8-24(19)35-30(41)33-23-12-9-20(10-13-23)17-32-31(2,3)28(39)21-11-14-25-22(15-21)18-36(4)29(40)26(34-25)16-27(37)38/h5-15,26,32,34H,16-18H2,1-4H3,(H,37,38)(H2,33,35,41). The van der Waals surface area contributed by atoms with Gasteiger partial charge in [0, 0.05) is 42.8 Å². The van der Waals surface area contributed by atoms with Gasteiger partial charge in [0.05, 0.1) is 12.0 Å². The maximum absolute atomic E-state index is 13.5. The Kier molecular flexibility index (Phi) is 8.73. The number of para-hydroxylation sites is 1. The van der Waals surface area contributed by atoms with E-state index in [1.54, 1.807) is 37.4 Å². The fourth-order valence-corrected chi connectivity index (χ4v) is 4.64. The molecule has 5 N–H and O–H groups in total. The van der Waals surface area contributed by atoms with E-state index in [1.165, 1.54) is 4.90 Å². The van der Waals surface area contributed by atoms with E-state index in [2.05, 4.69) is 21.3 Å². The third-order valence-corrected chi connectivity index (χ3v) is 7.06. The summed E-state index contributed by atoms with van der Waals surface area (Å²) in [6, 6.07) is 18.9. The summed E-state index contributed by atoms with van der Waals surface area (Å²) in [5, 5.41) is 21.2. The molecule has 1 aliphatic rings. The van der Waals surface area contributed by atoms with Crippen molar-refractivity contribution in [1.82, 2.24) is 10.2 Å². The second-order valence-corrected chi connectivity index (χ2v) is 10.8. The van der Waals surface area contributed by atoms with Crippen molar-refractivity contribution in [2.24, 2.45) is 0 Å². The minimum absolute atomic E-state index is 0.119. The quantitative estimate of drug-likeness (QED) is 0.242. The summed E-state index contributed by atoms with van der Waals surface area (Å²) in [7, 11) is 1.62. The molecule has 0 fully saturated rings. The molecule has 0 radical (unpaired) electrons. The number of nitrogens with zero attached hydrogens (tertiary/aromatic N) is 1. The fraction of sp³-hybridized carbons (Fsp3) is 0.290. The number of fused-ring (bicyclic) bond motifs is 1. The van der Waals surface area contributed by atoms with Crippen LogP contribution in [-0.2, 0) is 22.7 Å². The number of hydrogen-bond donors (Lipinski definition) is 5. The van der Waals surface area contributed by atoms with Crippen LogP contribution >= 0.6 is 0 Å². The molecule has 10 heteroatoms. The van der Waals surface area contributed by atoms with Crippen LogP contribution in [0.15, 0.2) is 66.7 Å². The van der Waals surface area contributed by atoms with Gasteiger partial charge in [-0.15, -0.1) is 0 Å². The van der Waals surface area contributed by atoms with Gasteiger partial charge in [-0.05, 0) is 73.9 Å². The number of rotatable bonds is 9. The number of urea groups is 1. The third kappa shape index (κ3) is 7.29. The number of carbonyl (C=O) groups is 4. The summed E-state index contributed by atoms with van der Waals surface area (Å²) in [5.74, 6) is -1.50. The highest BCUT2D eigenvalue weighted by molar-refractivity contribution is 6.03. The molecule has 0 bridgehead atoms. The summed E-state index contributed by atoms with van der Waals surface area (Å²) in [4.78, 5) is 51.1. The van der Waals surface area contributed by atoms with Crippen molar-refractivity contribution < 1.29 is 24.3 Å². The summed E-state index contributed by atoms with van der Waals surface area (Å²) in [5.41, 5.74) is 4.25. The molecule has 3 aromatic rings. The molecule has 4 rings (SSSR count). The normalized spacial score (nSPS) is 14.9. The van der Waals surface area contributed by atoms with Crippen LogP contribution in [0.3, 0.4) is 0 Å². The lowest BCUT2D eigenvalue weighted by molar-refractivity contribution is -0.141. The number of amides is 3. The highest BCUT2D eigenvalue weighted by Gasteiger charge is 2.31. The van der Waals surface area contributed by atoms with E-state index in [9.17, 15) is 24.3 Å². The van der Waals surface area contributed by atoms with Crippen LogP contribution in [-0.4, -0.2) is 52.3 Å². The summed E-state index contributed by atoms with van der Waals surface area (Å²) in [6.45, 7) is 6.23. The van der Waals surface area contributed by atoms with Crippen LogP contribution in [0.25, 0.3) is 0 Å². The second-order valence-electron chi connectivity index (χ2n) is 10.8. The van der Waals surface area contributed by atoms with Gasteiger partial charge in [-0.2, -0.15) is 0 Å². The zero-order valence-corrected chi connectivity index (χ0v) is 23.6. The first-order chi connectivity index (χ1) is 19.4. The largest absolute Gasteiger partial charge is 0.481 e. The number of aliphatic carboxylic acids is 1. The number of carboxylic acids is 1. The first-order valence-corrected chi connectivity index (χ1v) is 13.3. The highest BCUT2D eigenvalue weighted by Crippen LogP contribution is 2.26. The van der Waals surface area contributed by atoms with Crippen LogP contribution in [0.1, 0.15) is 47.3 Å². The Bertz CT molecular complexity index is 1470. The van der Waals surface area contributed by atoms with E-state index in [0.717, 1.165) is 22.4 Å². The fourth-order valence-electron chi connectivity index (χ4n) is 4.64. The highest BCUT2D eigenvalue weighted by atomic mass is 16.4. The molecule has 0 aliphatic carbocycles. The average molecular weight is 558 g/mol. The summed E-state index contributed by atoms with van der Waals surface area (Å²) in [6.07, 6.45) is -0.335. The van der Waals surface area contributed by atoms with Gasteiger partial charge in [-0.1, -0.05) is 30.3 Å². The van der Waals surface area contributed by atoms with Crippen LogP contribution in [0.2, 0.25) is 0 Å². The van der Waals surface area contributed by atoms with Gasteiger partial charge >= 0.3 is 12.0 Å². The van der Waals surface area contributed by atoms with Crippen molar-refractivity contribution in [3.8, 4) is 0 Å². The Balaban J connectivity index is 1.37. The number of carbonyl (C=O) groups excluding carboxylic acids is 3. The average Bonchev–Trinajstić information content (AvgIpc) is 3.04. The lowest BCUT2D eigenvalue weighted by atomic mass is 9.91. The molecule has 0 saturated heterocycles. The number of ketones is 1. The van der Waals surface area contributed by atoms with Gasteiger partial charge in [0.15, 0.2) is 5.78 Å². The van der Waals surface area contributed by atoms with E-state index < -0.39 is 17.6 Å². The molecule has 0 saturated carbocycles. The molecule has 1 heterocycles. The lowest BCUT2D eigenvalue weighted by Gasteiger charge is -2.26. The van der Waals surface area contributed by atoms with Crippen molar-refractivity contribution in [3.05, 3.63) is 89.0 Å². The zero-order chi connectivity index (χ0) is 29.7. The van der Waals surface area contributed by atoms with Gasteiger partial charge in [0.2, 0.25) is 5.91 Å². The Labute approximate surface area is 239 Å². The van der Waals surface area contributed by atoms with Gasteiger partial charge in [0.1, 0.15) is 6.04 Å². The Hall–Kier alpha value is -4.70. The molecule has 41 heavy (non-hydrogen) atoms. The predicted octanol–water partition coefficient (Wildman–Crippen LogP) is 4.62. The number of hydrogen-bond acceptors (Lipinski definition) is 6. The maximum atomic E-state index is 13.5. The van der Waals surface area contributed by atoms with Crippen molar-refractivity contribution in [3.63, 3.8) is 0 Å². The first kappa shape index (κ1) is 29.3. The number of aryl methyl sites for hydroxylation is 1. The third-order valence-electron chi connectivity index (χ3n) is 7.06. The number of Topliss-reactive ketones (excluding diaryl/α,β-unsaturated/α-hetero) is 1. The maximum Gasteiger partial charge on any atom is 0.323 e. The minimum Gasteiger partial charge on any atom is -0.481 e. The smallest absolute Gasteiger partial charge is 0.323 e. The van der Waals surface area contributed by atoms with Crippen molar-refractivity contribution >= 4 is 40.8 Å². The summed E-state index contributed by atoms with van der Waals surface area (Å²) < 4.78 is 0. The molecule has 214 valence electrons. The van der Waals surface area contributed by atoms with E-state index >= 15 is 0 Å². The van der Waals surface area contributed by atoms with Crippen LogP contribution in [0, 0.1) is 6.92 Å². The topological polar surface area (TPSA) is 140 Å².